The Labute approximate surface area is 272 Å². The second-order valence-electron chi connectivity index (χ2n) is 13.4. The van der Waals surface area contributed by atoms with E-state index in [1.165, 1.54) is 13.8 Å². The van der Waals surface area contributed by atoms with Crippen molar-refractivity contribution < 1.29 is 42.8 Å². The predicted octanol–water partition coefficient (Wildman–Crippen LogP) is 5.08. The van der Waals surface area contributed by atoms with E-state index in [4.69, 9.17) is 18.9 Å². The van der Waals surface area contributed by atoms with Crippen LogP contribution < -0.4 is 0 Å². The number of carbonyl (C=O) groups excluding carboxylic acids is 3. The number of fused-ring (bicyclic) bond motifs is 5. The molecule has 0 spiro atoms. The molecular weight excluding hydrogens is 595 g/mol. The molecule has 0 saturated carbocycles. The monoisotopic (exact) mass is 646 g/mol. The molecule has 2 saturated heterocycles. The highest BCUT2D eigenvalue weighted by Crippen LogP contribution is 2.40. The van der Waals surface area contributed by atoms with Crippen LogP contribution in [0.2, 0.25) is 0 Å². The van der Waals surface area contributed by atoms with Gasteiger partial charge < -0.3 is 24.1 Å². The van der Waals surface area contributed by atoms with Crippen LogP contribution in [0.15, 0.2) is 40.3 Å². The Morgan fingerprint density at radius 1 is 1.07 bits per heavy atom. The molecular formula is C35H51FN2O8. The van der Waals surface area contributed by atoms with Crippen molar-refractivity contribution in [2.45, 2.75) is 111 Å². The van der Waals surface area contributed by atoms with Crippen molar-refractivity contribution >= 4 is 29.1 Å². The molecule has 2 aliphatic heterocycles. The summed E-state index contributed by atoms with van der Waals surface area (Å²) in [6, 6.07) is 9.66. The zero-order chi connectivity index (χ0) is 34.4. The number of carbonyl (C=O) groups is 3. The molecule has 9 atom stereocenters. The van der Waals surface area contributed by atoms with Gasteiger partial charge in [0.1, 0.15) is 18.4 Å². The van der Waals surface area contributed by atoms with Crippen molar-refractivity contribution in [1.82, 2.24) is 0 Å². The van der Waals surface area contributed by atoms with Crippen LogP contribution in [-0.2, 0) is 39.9 Å². The Balaban J connectivity index is 2.19. The number of aliphatic hydroxyl groups is 1. The van der Waals surface area contributed by atoms with Gasteiger partial charge in [0, 0.05) is 24.5 Å². The molecule has 0 aromatic heterocycles. The summed E-state index contributed by atoms with van der Waals surface area (Å²) in [6.45, 7) is 14.5. The molecule has 10 nitrogen and oxygen atoms in total. The number of alkyl halides is 1. The minimum Gasteiger partial charge on any atom is -0.457 e. The Kier molecular flexibility index (Phi) is 12.6. The SMILES string of the molecule is CC[C@H]1OC(=O)[C@@](C)(F)C(=O)[C@H](C)[C@@H](C)[C@@]2(C)C[C@@H](C)/C(=N\C(C)=O)[C@H](C)[C@@H](OC/C(=N\COCc3ccccc3)CO2)[C@]1(C)O. The molecule has 2 heterocycles. The van der Waals surface area contributed by atoms with E-state index in [2.05, 4.69) is 9.98 Å². The summed E-state index contributed by atoms with van der Waals surface area (Å²) in [5.41, 5.74) is -4.02. The van der Waals surface area contributed by atoms with Gasteiger partial charge in [0.05, 0.1) is 37.2 Å². The van der Waals surface area contributed by atoms with Crippen LogP contribution in [0.25, 0.3) is 0 Å². The second kappa shape index (κ2) is 15.4. The van der Waals surface area contributed by atoms with Gasteiger partial charge in [0.15, 0.2) is 5.78 Å². The zero-order valence-electron chi connectivity index (χ0n) is 28.7. The molecule has 2 aliphatic rings. The third-order valence-electron chi connectivity index (χ3n) is 9.73. The van der Waals surface area contributed by atoms with Crippen LogP contribution in [0, 0.1) is 23.7 Å². The van der Waals surface area contributed by atoms with Gasteiger partial charge >= 0.3 is 5.97 Å². The van der Waals surface area contributed by atoms with Gasteiger partial charge in [-0.05, 0) is 51.0 Å². The normalized spacial score (nSPS) is 38.5. The van der Waals surface area contributed by atoms with Crippen molar-refractivity contribution in [2.24, 2.45) is 33.7 Å². The summed E-state index contributed by atoms with van der Waals surface area (Å²) >= 11 is 0. The molecule has 0 aliphatic carbocycles. The third kappa shape index (κ3) is 8.53. The average molecular weight is 647 g/mol. The van der Waals surface area contributed by atoms with Gasteiger partial charge in [-0.15, -0.1) is 0 Å². The maximum absolute atomic E-state index is 16.1. The molecule has 46 heavy (non-hydrogen) atoms. The van der Waals surface area contributed by atoms with Gasteiger partial charge in [-0.3, -0.25) is 14.6 Å². The fourth-order valence-electron chi connectivity index (χ4n) is 6.67. The summed E-state index contributed by atoms with van der Waals surface area (Å²) in [7, 11) is 0. The first kappa shape index (κ1) is 37.6. The van der Waals surface area contributed by atoms with Crippen LogP contribution >= 0.6 is 0 Å². The van der Waals surface area contributed by atoms with Gasteiger partial charge in [0.2, 0.25) is 5.91 Å². The minimum absolute atomic E-state index is 0.00880. The molecule has 1 amide bonds. The van der Waals surface area contributed by atoms with Crippen LogP contribution in [0.3, 0.4) is 0 Å². The van der Waals surface area contributed by atoms with Crippen LogP contribution in [0.4, 0.5) is 4.39 Å². The highest BCUT2D eigenvalue weighted by molar-refractivity contribution is 6.07. The summed E-state index contributed by atoms with van der Waals surface area (Å²) in [4.78, 5) is 48.4. The lowest BCUT2D eigenvalue weighted by Crippen LogP contribution is -2.59. The fourth-order valence-corrected chi connectivity index (χ4v) is 6.67. The van der Waals surface area contributed by atoms with E-state index >= 15 is 4.39 Å². The molecule has 256 valence electrons. The smallest absolute Gasteiger partial charge is 0.351 e. The molecule has 11 heteroatoms. The van der Waals surface area contributed by atoms with Crippen molar-refractivity contribution in [3.8, 4) is 0 Å². The van der Waals surface area contributed by atoms with Crippen molar-refractivity contribution in [3.63, 3.8) is 0 Å². The number of ketones is 1. The molecule has 2 bridgehead atoms. The van der Waals surface area contributed by atoms with E-state index in [1.54, 1.807) is 27.7 Å². The van der Waals surface area contributed by atoms with E-state index in [1.807, 2.05) is 44.2 Å². The van der Waals surface area contributed by atoms with Gasteiger partial charge in [0.25, 0.3) is 5.67 Å². The summed E-state index contributed by atoms with van der Waals surface area (Å²) < 4.78 is 40.5. The largest absolute Gasteiger partial charge is 0.457 e. The first-order valence-electron chi connectivity index (χ1n) is 16.1. The Morgan fingerprint density at radius 3 is 2.33 bits per heavy atom. The Morgan fingerprint density at radius 2 is 1.72 bits per heavy atom. The topological polar surface area (TPSA) is 133 Å². The summed E-state index contributed by atoms with van der Waals surface area (Å²) in [5, 5.41) is 12.1. The summed E-state index contributed by atoms with van der Waals surface area (Å²) in [6.07, 6.45) is -1.97. The Bertz CT molecular complexity index is 1300. The van der Waals surface area contributed by atoms with Gasteiger partial charge in [-0.1, -0.05) is 65.0 Å². The highest BCUT2D eigenvalue weighted by atomic mass is 19.1. The summed E-state index contributed by atoms with van der Waals surface area (Å²) in [5.74, 6) is -5.37. The number of rotatable bonds is 5. The quantitative estimate of drug-likeness (QED) is 0.266. The minimum atomic E-state index is -2.97. The van der Waals surface area contributed by atoms with Gasteiger partial charge in [-0.25, -0.2) is 14.2 Å². The van der Waals surface area contributed by atoms with Crippen LogP contribution in [0.5, 0.6) is 0 Å². The van der Waals surface area contributed by atoms with Crippen molar-refractivity contribution in [1.29, 1.82) is 0 Å². The van der Waals surface area contributed by atoms with Gasteiger partial charge in [-0.2, -0.15) is 0 Å². The molecule has 0 unspecified atom stereocenters. The number of nitrogens with zero attached hydrogens (tertiary/aromatic N) is 2. The average Bonchev–Trinajstić information content (AvgIpc) is 3.02. The van der Waals surface area contributed by atoms with Crippen molar-refractivity contribution in [2.75, 3.05) is 19.9 Å². The first-order valence-corrected chi connectivity index (χ1v) is 16.1. The third-order valence-corrected chi connectivity index (χ3v) is 9.73. The fraction of sp³-hybridized carbons (Fsp3) is 0.686. The number of benzene rings is 1. The predicted molar refractivity (Wildman–Crippen MR) is 172 cm³/mol. The molecule has 2 fully saturated rings. The highest BCUT2D eigenvalue weighted by Gasteiger charge is 2.54. The number of esters is 1. The first-order chi connectivity index (χ1) is 21.5. The molecule has 0 radical (unpaired) electrons. The number of aliphatic imine (C=N–C) groups is 2. The molecule has 1 N–H and O–H groups in total. The lowest BCUT2D eigenvalue weighted by molar-refractivity contribution is -0.198. The second-order valence-corrected chi connectivity index (χ2v) is 13.4. The number of hydrogen-bond acceptors (Lipinski definition) is 9. The maximum atomic E-state index is 16.1. The number of cyclic esters (lactones) is 1. The lowest BCUT2D eigenvalue weighted by Gasteiger charge is -2.44. The standard InChI is InChI=1S/C35H51FN2O8/c1-10-28-35(9,42)31-23(4)29(38-25(6)39)21(2)16-33(7,24(5)22(3)30(40)34(8,36)32(41)46-28)45-19-27(18-44-31)37-20-43-17-26-14-12-11-13-15-26/h11-15,21-24,28,31,42H,10,16-20H2,1-9H3/b37-27+,38-29+/t21-,22-,23+,24-,28-,31-,33-,34+,35-/m1/s1. The lowest BCUT2D eigenvalue weighted by atomic mass is 9.70. The van der Waals surface area contributed by atoms with Crippen LogP contribution in [0.1, 0.15) is 80.7 Å². The van der Waals surface area contributed by atoms with Crippen molar-refractivity contribution in [3.05, 3.63) is 35.9 Å². The number of Topliss-reactive ketones (excluding diaryl/α,β-unsaturated/α-hetero) is 1. The van der Waals surface area contributed by atoms with E-state index in [0.717, 1.165) is 12.5 Å². The molecule has 1 aromatic rings. The van der Waals surface area contributed by atoms with E-state index in [-0.39, 0.29) is 32.3 Å². The number of hydrogen-bond donors (Lipinski definition) is 1. The Hall–Kier alpha value is -2.86. The maximum Gasteiger partial charge on any atom is 0.351 e. The molecule has 3 rings (SSSR count). The van der Waals surface area contributed by atoms with Crippen LogP contribution in [-0.4, -0.2) is 83.2 Å². The van der Waals surface area contributed by atoms with E-state index in [9.17, 15) is 19.5 Å². The molecule has 1 aromatic carbocycles. The number of ether oxygens (including phenoxy) is 4. The van der Waals surface area contributed by atoms with E-state index in [0.29, 0.717) is 24.5 Å². The zero-order valence-corrected chi connectivity index (χ0v) is 28.7. The van der Waals surface area contributed by atoms with E-state index < -0.39 is 64.5 Å². The number of halogens is 1. The number of amides is 1.